The summed E-state index contributed by atoms with van der Waals surface area (Å²) in [4.78, 5) is 19.6. The molecule has 6 nitrogen and oxygen atoms in total. The Hall–Kier alpha value is -2.51. The van der Waals surface area contributed by atoms with Crippen molar-refractivity contribution in [2.45, 2.75) is 12.5 Å². The summed E-state index contributed by atoms with van der Waals surface area (Å²) in [5.74, 6) is 1.55. The second-order valence-electron chi connectivity index (χ2n) is 6.09. The Balaban J connectivity index is 1.23. The van der Waals surface area contributed by atoms with E-state index < -0.39 is 0 Å². The van der Waals surface area contributed by atoms with Gasteiger partial charge in [-0.15, -0.1) is 11.3 Å². The second kappa shape index (κ2) is 7.16. The van der Waals surface area contributed by atoms with Crippen LogP contribution in [0.25, 0.3) is 10.7 Å². The number of carbonyl (C=O) groups excluding carboxylic acids is 1. The van der Waals surface area contributed by atoms with Crippen LogP contribution in [0.1, 0.15) is 17.4 Å². The number of nitrogens with one attached hydrogen (secondary N) is 1. The Kier molecular flexibility index (Phi) is 4.58. The zero-order chi connectivity index (χ0) is 17.1. The summed E-state index contributed by atoms with van der Waals surface area (Å²) in [6, 6.07) is 13.8. The van der Waals surface area contributed by atoms with Crippen molar-refractivity contribution < 1.29 is 9.32 Å². The maximum atomic E-state index is 12.0. The zero-order valence-electron chi connectivity index (χ0n) is 13.6. The van der Waals surface area contributed by atoms with Gasteiger partial charge in [0, 0.05) is 19.6 Å². The predicted molar refractivity (Wildman–Crippen MR) is 95.1 cm³/mol. The molecule has 0 spiro atoms. The summed E-state index contributed by atoms with van der Waals surface area (Å²) in [5.41, 5.74) is 1.10. The molecule has 2 aromatic heterocycles. The first-order valence-corrected chi connectivity index (χ1v) is 9.06. The van der Waals surface area contributed by atoms with Crippen LogP contribution in [0, 0.1) is 0 Å². The van der Waals surface area contributed by atoms with E-state index in [1.807, 2.05) is 47.8 Å². The molecule has 1 aliphatic rings. The van der Waals surface area contributed by atoms with Crippen LogP contribution in [-0.4, -0.2) is 40.6 Å². The van der Waals surface area contributed by atoms with E-state index in [4.69, 9.17) is 4.52 Å². The van der Waals surface area contributed by atoms with Crippen LogP contribution in [0.3, 0.4) is 0 Å². The highest BCUT2D eigenvalue weighted by Crippen LogP contribution is 2.28. The topological polar surface area (TPSA) is 71.3 Å². The lowest BCUT2D eigenvalue weighted by atomic mass is 10.0. The van der Waals surface area contributed by atoms with Gasteiger partial charge in [0.05, 0.1) is 17.3 Å². The Bertz CT molecular complexity index is 826. The summed E-state index contributed by atoms with van der Waals surface area (Å²) >= 11 is 1.59. The van der Waals surface area contributed by atoms with E-state index >= 15 is 0 Å². The first-order valence-electron chi connectivity index (χ1n) is 8.18. The Morgan fingerprint density at radius 3 is 2.84 bits per heavy atom. The maximum Gasteiger partial charge on any atom is 0.234 e. The molecule has 0 saturated carbocycles. The summed E-state index contributed by atoms with van der Waals surface area (Å²) in [6.07, 6.45) is 0. The molecule has 7 heteroatoms. The first-order chi connectivity index (χ1) is 12.3. The predicted octanol–water partition coefficient (Wildman–Crippen LogP) is 2.51. The number of carbonyl (C=O) groups is 1. The molecule has 1 N–H and O–H groups in total. The monoisotopic (exact) mass is 354 g/mol. The molecule has 0 atom stereocenters. The van der Waals surface area contributed by atoms with Gasteiger partial charge in [-0.05, 0) is 17.0 Å². The van der Waals surface area contributed by atoms with Gasteiger partial charge in [-0.25, -0.2) is 0 Å². The number of amides is 1. The second-order valence-corrected chi connectivity index (χ2v) is 7.03. The van der Waals surface area contributed by atoms with Crippen molar-refractivity contribution in [3.63, 3.8) is 0 Å². The molecule has 1 saturated heterocycles. The fourth-order valence-electron chi connectivity index (χ4n) is 2.82. The third kappa shape index (κ3) is 3.78. The lowest BCUT2D eigenvalue weighted by Gasteiger charge is -2.36. The van der Waals surface area contributed by atoms with E-state index in [0.29, 0.717) is 24.8 Å². The fourth-order valence-corrected chi connectivity index (χ4v) is 3.47. The van der Waals surface area contributed by atoms with Gasteiger partial charge < -0.3 is 9.84 Å². The third-order valence-corrected chi connectivity index (χ3v) is 5.06. The highest BCUT2D eigenvalue weighted by molar-refractivity contribution is 7.13. The average Bonchev–Trinajstić information content (AvgIpc) is 3.28. The number of aromatic nitrogens is 2. The summed E-state index contributed by atoms with van der Waals surface area (Å²) in [7, 11) is 0. The van der Waals surface area contributed by atoms with Crippen LogP contribution in [0.5, 0.6) is 0 Å². The standard InChI is InChI=1S/C18H18N4O2S/c23-16(19-9-13-5-2-1-3-6-13)12-22-10-14(11-22)18-20-17(21-24-18)15-7-4-8-25-15/h1-8,14H,9-12H2,(H,19,23). The van der Waals surface area contributed by atoms with Gasteiger partial charge in [-0.2, -0.15) is 4.98 Å². The molecule has 3 aromatic rings. The minimum atomic E-state index is 0.0344. The SMILES string of the molecule is O=C(CN1CC(c2nc(-c3cccs3)no2)C1)NCc1ccccc1. The average molecular weight is 354 g/mol. The number of thiophene rings is 1. The van der Waals surface area contributed by atoms with Crippen molar-refractivity contribution in [3.8, 4) is 10.7 Å². The zero-order valence-corrected chi connectivity index (χ0v) is 14.4. The number of rotatable bonds is 6. The van der Waals surface area contributed by atoms with Crippen LogP contribution < -0.4 is 5.32 Å². The Morgan fingerprint density at radius 1 is 1.24 bits per heavy atom. The van der Waals surface area contributed by atoms with Gasteiger partial charge in [0.2, 0.25) is 17.6 Å². The van der Waals surface area contributed by atoms with Crippen molar-refractivity contribution in [3.05, 3.63) is 59.3 Å². The van der Waals surface area contributed by atoms with Crippen molar-refractivity contribution in [1.82, 2.24) is 20.4 Å². The first kappa shape index (κ1) is 16.0. The summed E-state index contributed by atoms with van der Waals surface area (Å²) < 4.78 is 5.37. The van der Waals surface area contributed by atoms with Gasteiger partial charge in [-0.3, -0.25) is 9.69 Å². The van der Waals surface area contributed by atoms with Crippen LogP contribution in [0.2, 0.25) is 0 Å². The van der Waals surface area contributed by atoms with Crippen molar-refractivity contribution in [1.29, 1.82) is 0 Å². The van der Waals surface area contributed by atoms with Crippen molar-refractivity contribution in [2.75, 3.05) is 19.6 Å². The molecule has 0 unspecified atom stereocenters. The van der Waals surface area contributed by atoms with Gasteiger partial charge in [0.15, 0.2) is 0 Å². The quantitative estimate of drug-likeness (QED) is 0.736. The van der Waals surface area contributed by atoms with E-state index in [9.17, 15) is 4.79 Å². The molecule has 1 aromatic carbocycles. The molecule has 1 fully saturated rings. The van der Waals surface area contributed by atoms with E-state index in [1.54, 1.807) is 11.3 Å². The van der Waals surface area contributed by atoms with E-state index in [2.05, 4.69) is 20.4 Å². The molecule has 25 heavy (non-hydrogen) atoms. The van der Waals surface area contributed by atoms with E-state index in [0.717, 1.165) is 23.5 Å². The van der Waals surface area contributed by atoms with E-state index in [1.165, 1.54) is 0 Å². The molecular formula is C18H18N4O2S. The van der Waals surface area contributed by atoms with Crippen LogP contribution >= 0.6 is 11.3 Å². The fraction of sp³-hybridized carbons (Fsp3) is 0.278. The molecule has 1 amide bonds. The number of hydrogen-bond donors (Lipinski definition) is 1. The molecule has 3 heterocycles. The van der Waals surface area contributed by atoms with Crippen molar-refractivity contribution >= 4 is 17.2 Å². The number of nitrogens with zero attached hydrogens (tertiary/aromatic N) is 3. The molecule has 0 bridgehead atoms. The third-order valence-electron chi connectivity index (χ3n) is 4.19. The van der Waals surface area contributed by atoms with Crippen LogP contribution in [0.15, 0.2) is 52.4 Å². The van der Waals surface area contributed by atoms with E-state index in [-0.39, 0.29) is 11.8 Å². The molecule has 0 aliphatic carbocycles. The molecule has 128 valence electrons. The summed E-state index contributed by atoms with van der Waals surface area (Å²) in [6.45, 7) is 2.50. The number of hydrogen-bond acceptors (Lipinski definition) is 6. The van der Waals surface area contributed by atoms with Gasteiger partial charge in [0.25, 0.3) is 0 Å². The van der Waals surface area contributed by atoms with Gasteiger partial charge >= 0.3 is 0 Å². The molecule has 0 radical (unpaired) electrons. The molecule has 1 aliphatic heterocycles. The molecule has 4 rings (SSSR count). The highest BCUT2D eigenvalue weighted by atomic mass is 32.1. The Labute approximate surface area is 149 Å². The minimum Gasteiger partial charge on any atom is -0.351 e. The summed E-state index contributed by atoms with van der Waals surface area (Å²) in [5, 5.41) is 8.97. The number of likely N-dealkylation sites (tertiary alicyclic amines) is 1. The minimum absolute atomic E-state index is 0.0344. The smallest absolute Gasteiger partial charge is 0.234 e. The van der Waals surface area contributed by atoms with Crippen LogP contribution in [0.4, 0.5) is 0 Å². The molecular weight excluding hydrogens is 336 g/mol. The number of benzene rings is 1. The van der Waals surface area contributed by atoms with Crippen LogP contribution in [-0.2, 0) is 11.3 Å². The van der Waals surface area contributed by atoms with Crippen molar-refractivity contribution in [2.24, 2.45) is 0 Å². The Morgan fingerprint density at radius 2 is 2.08 bits per heavy atom. The normalized spacial score (nSPS) is 15.0. The largest absolute Gasteiger partial charge is 0.351 e. The lowest BCUT2D eigenvalue weighted by Crippen LogP contribution is -2.49. The van der Waals surface area contributed by atoms with Gasteiger partial charge in [0.1, 0.15) is 0 Å². The highest BCUT2D eigenvalue weighted by Gasteiger charge is 2.33. The maximum absolute atomic E-state index is 12.0. The lowest BCUT2D eigenvalue weighted by molar-refractivity contribution is -0.123. The van der Waals surface area contributed by atoms with Gasteiger partial charge in [-0.1, -0.05) is 41.6 Å².